The van der Waals surface area contributed by atoms with E-state index >= 15 is 0 Å². The van der Waals surface area contributed by atoms with Crippen molar-refractivity contribution in [1.29, 1.82) is 0 Å². The van der Waals surface area contributed by atoms with E-state index in [1.54, 1.807) is 18.2 Å². The minimum absolute atomic E-state index is 0.273. The molecule has 1 aromatic carbocycles. The molecule has 0 aliphatic carbocycles. The van der Waals surface area contributed by atoms with Gasteiger partial charge in [-0.3, -0.25) is 0 Å². The zero-order valence-corrected chi connectivity index (χ0v) is 9.76. The van der Waals surface area contributed by atoms with Crippen molar-refractivity contribution in [1.82, 2.24) is 0 Å². The topological polar surface area (TPSA) is 18.5 Å². The van der Waals surface area contributed by atoms with Gasteiger partial charge in [0.05, 0.1) is 6.10 Å². The molecular formula is C11H11Cl2O2. The highest BCUT2D eigenvalue weighted by molar-refractivity contribution is 6.36. The Balaban J connectivity index is 2.37. The second-order valence-electron chi connectivity index (χ2n) is 3.43. The van der Waals surface area contributed by atoms with Crippen molar-refractivity contribution in [2.45, 2.75) is 25.4 Å². The Hall–Kier alpha value is -0.280. The Labute approximate surface area is 99.1 Å². The summed E-state index contributed by atoms with van der Waals surface area (Å²) < 4.78 is 11.0. The molecule has 0 N–H and O–H groups in total. The first-order chi connectivity index (χ1) is 7.09. The Bertz CT molecular complexity index is 347. The van der Waals surface area contributed by atoms with E-state index in [9.17, 15) is 0 Å². The van der Waals surface area contributed by atoms with Crippen LogP contribution in [-0.4, -0.2) is 12.4 Å². The fourth-order valence-electron chi connectivity index (χ4n) is 1.68. The molecule has 4 heteroatoms. The van der Waals surface area contributed by atoms with Gasteiger partial charge < -0.3 is 9.47 Å². The predicted octanol–water partition coefficient (Wildman–Crippen LogP) is 3.63. The standard InChI is InChI=1S/C11H11Cl2O2/c1-6-11(15-7(2)14-6)10-8(12)4-3-5-9(10)13/h3-7,11H,1H2,2H3/t6-,7?,11+/m0/s1. The molecule has 2 nitrogen and oxygen atoms in total. The van der Waals surface area contributed by atoms with Crippen LogP contribution in [0.15, 0.2) is 18.2 Å². The fourth-order valence-corrected chi connectivity index (χ4v) is 2.29. The lowest BCUT2D eigenvalue weighted by atomic mass is 10.1. The molecule has 1 heterocycles. The average molecular weight is 246 g/mol. The van der Waals surface area contributed by atoms with Gasteiger partial charge in [0.2, 0.25) is 0 Å². The smallest absolute Gasteiger partial charge is 0.156 e. The Morgan fingerprint density at radius 1 is 1.20 bits per heavy atom. The molecule has 3 atom stereocenters. The van der Waals surface area contributed by atoms with Gasteiger partial charge in [0.25, 0.3) is 0 Å². The molecule has 1 aromatic rings. The lowest BCUT2D eigenvalue weighted by Crippen LogP contribution is -2.11. The molecule has 0 saturated carbocycles. The summed E-state index contributed by atoms with van der Waals surface area (Å²) in [5.74, 6) is 0. The largest absolute Gasteiger partial charge is 0.347 e. The third-order valence-corrected chi connectivity index (χ3v) is 2.99. The van der Waals surface area contributed by atoms with E-state index in [0.717, 1.165) is 5.56 Å². The number of rotatable bonds is 1. The van der Waals surface area contributed by atoms with Crippen LogP contribution in [0.4, 0.5) is 0 Å². The third-order valence-electron chi connectivity index (χ3n) is 2.33. The fraction of sp³-hybridized carbons (Fsp3) is 0.364. The number of hydrogen-bond acceptors (Lipinski definition) is 2. The van der Waals surface area contributed by atoms with E-state index in [1.807, 2.05) is 6.92 Å². The van der Waals surface area contributed by atoms with Crippen LogP contribution in [0.3, 0.4) is 0 Å². The number of benzene rings is 1. The molecule has 81 valence electrons. The first-order valence-electron chi connectivity index (χ1n) is 4.67. The van der Waals surface area contributed by atoms with Crippen molar-refractivity contribution in [3.05, 3.63) is 40.7 Å². The van der Waals surface area contributed by atoms with Gasteiger partial charge in [0.15, 0.2) is 6.29 Å². The Kier molecular flexibility index (Phi) is 3.21. The van der Waals surface area contributed by atoms with Gasteiger partial charge in [-0.2, -0.15) is 0 Å². The molecule has 0 spiro atoms. The van der Waals surface area contributed by atoms with E-state index in [1.165, 1.54) is 0 Å². The maximum absolute atomic E-state index is 6.07. The SMILES string of the molecule is [CH2][C@@H]1OC(C)O[C@H]1c1c(Cl)cccc1Cl. The van der Waals surface area contributed by atoms with Gasteiger partial charge in [0, 0.05) is 15.6 Å². The molecule has 1 fully saturated rings. The molecule has 0 amide bonds. The van der Waals surface area contributed by atoms with Crippen LogP contribution in [-0.2, 0) is 9.47 Å². The summed E-state index contributed by atoms with van der Waals surface area (Å²) in [4.78, 5) is 0. The van der Waals surface area contributed by atoms with E-state index in [-0.39, 0.29) is 18.5 Å². The van der Waals surface area contributed by atoms with Crippen molar-refractivity contribution < 1.29 is 9.47 Å². The van der Waals surface area contributed by atoms with Gasteiger partial charge in [-0.15, -0.1) is 0 Å². The second-order valence-corrected chi connectivity index (χ2v) is 4.25. The molecule has 1 aliphatic heterocycles. The summed E-state index contributed by atoms with van der Waals surface area (Å²) in [7, 11) is 0. The van der Waals surface area contributed by atoms with Gasteiger partial charge in [-0.1, -0.05) is 29.3 Å². The van der Waals surface area contributed by atoms with Gasteiger partial charge in [0.1, 0.15) is 6.10 Å². The first kappa shape index (κ1) is 11.2. The monoisotopic (exact) mass is 245 g/mol. The zero-order valence-electron chi connectivity index (χ0n) is 8.24. The number of ether oxygens (including phenoxy) is 2. The van der Waals surface area contributed by atoms with E-state index in [0.29, 0.717) is 10.0 Å². The van der Waals surface area contributed by atoms with E-state index in [2.05, 4.69) is 6.92 Å². The lowest BCUT2D eigenvalue weighted by molar-refractivity contribution is -0.0474. The molecule has 15 heavy (non-hydrogen) atoms. The second kappa shape index (κ2) is 4.30. The Morgan fingerprint density at radius 2 is 1.80 bits per heavy atom. The van der Waals surface area contributed by atoms with E-state index in [4.69, 9.17) is 32.7 Å². The first-order valence-corrected chi connectivity index (χ1v) is 5.43. The van der Waals surface area contributed by atoms with Crippen molar-refractivity contribution in [3.63, 3.8) is 0 Å². The Morgan fingerprint density at radius 3 is 2.27 bits per heavy atom. The van der Waals surface area contributed by atoms with Crippen LogP contribution in [0, 0.1) is 6.92 Å². The molecule has 1 aliphatic rings. The number of halogens is 2. The van der Waals surface area contributed by atoms with Crippen LogP contribution < -0.4 is 0 Å². The molecule has 1 radical (unpaired) electrons. The van der Waals surface area contributed by atoms with Gasteiger partial charge >= 0.3 is 0 Å². The van der Waals surface area contributed by atoms with Crippen LogP contribution >= 0.6 is 23.2 Å². The lowest BCUT2D eigenvalue weighted by Gasteiger charge is -2.16. The van der Waals surface area contributed by atoms with Crippen LogP contribution in [0.25, 0.3) is 0 Å². The van der Waals surface area contributed by atoms with Gasteiger partial charge in [-0.05, 0) is 26.0 Å². The summed E-state index contributed by atoms with van der Waals surface area (Å²) in [6.07, 6.45) is -0.844. The van der Waals surface area contributed by atoms with Crippen LogP contribution in [0.1, 0.15) is 18.6 Å². The maximum Gasteiger partial charge on any atom is 0.156 e. The molecular weight excluding hydrogens is 235 g/mol. The highest BCUT2D eigenvalue weighted by atomic mass is 35.5. The van der Waals surface area contributed by atoms with Crippen molar-refractivity contribution in [2.24, 2.45) is 0 Å². The van der Waals surface area contributed by atoms with Gasteiger partial charge in [-0.25, -0.2) is 0 Å². The summed E-state index contributed by atoms with van der Waals surface area (Å²) in [5, 5.41) is 1.16. The van der Waals surface area contributed by atoms with Crippen molar-refractivity contribution >= 4 is 23.2 Å². The van der Waals surface area contributed by atoms with Crippen molar-refractivity contribution in [2.75, 3.05) is 0 Å². The molecule has 1 saturated heterocycles. The molecule has 2 rings (SSSR count). The summed E-state index contributed by atoms with van der Waals surface area (Å²) in [5.41, 5.74) is 0.755. The minimum atomic E-state index is -0.291. The molecule has 0 bridgehead atoms. The van der Waals surface area contributed by atoms with E-state index < -0.39 is 0 Å². The van der Waals surface area contributed by atoms with Crippen LogP contribution in [0.5, 0.6) is 0 Å². The third kappa shape index (κ3) is 2.13. The number of hydrogen-bond donors (Lipinski definition) is 0. The molecule has 0 aromatic heterocycles. The summed E-state index contributed by atoms with van der Waals surface area (Å²) in [6, 6.07) is 5.36. The summed E-state index contributed by atoms with van der Waals surface area (Å²) in [6.45, 7) is 5.69. The molecule has 1 unspecified atom stereocenters. The quantitative estimate of drug-likeness (QED) is 0.753. The normalized spacial score (nSPS) is 30.8. The highest BCUT2D eigenvalue weighted by Crippen LogP contribution is 2.39. The summed E-state index contributed by atoms with van der Waals surface area (Å²) >= 11 is 12.1. The van der Waals surface area contributed by atoms with Crippen molar-refractivity contribution in [3.8, 4) is 0 Å². The van der Waals surface area contributed by atoms with Crippen LogP contribution in [0.2, 0.25) is 10.0 Å². The average Bonchev–Trinajstić information content (AvgIpc) is 2.45. The predicted molar refractivity (Wildman–Crippen MR) is 60.0 cm³/mol. The highest BCUT2D eigenvalue weighted by Gasteiger charge is 2.34. The minimum Gasteiger partial charge on any atom is -0.347 e. The maximum atomic E-state index is 6.07. The zero-order chi connectivity index (χ0) is 11.0.